The van der Waals surface area contributed by atoms with E-state index < -0.39 is 11.7 Å². The van der Waals surface area contributed by atoms with Gasteiger partial charge in [0.2, 0.25) is 5.91 Å². The summed E-state index contributed by atoms with van der Waals surface area (Å²) < 4.78 is 13.8. The molecule has 22 heavy (non-hydrogen) atoms. The second-order valence-corrected chi connectivity index (χ2v) is 6.01. The Morgan fingerprint density at radius 1 is 1.41 bits per heavy atom. The van der Waals surface area contributed by atoms with Crippen LogP contribution in [0.5, 0.6) is 0 Å². The number of benzene rings is 1. The number of halogens is 1. The third-order valence-corrected chi connectivity index (χ3v) is 3.81. The average Bonchev–Trinajstić information content (AvgIpc) is 2.81. The number of likely N-dealkylation sites (tertiary alicyclic amines) is 1. The molecule has 6 heteroatoms. The summed E-state index contributed by atoms with van der Waals surface area (Å²) >= 11 is 0. The van der Waals surface area contributed by atoms with Crippen molar-refractivity contribution in [2.24, 2.45) is 0 Å². The molecule has 1 aromatic carbocycles. The standard InChI is InChI=1S/C16H22FN3O2/c1-10(2)20-8-7-14(16(20)22)18-11-5-6-13(17)12(9-11)15(21)19(3)4/h5-6,9-10,14,18H,7-8H2,1-4H3. The maximum atomic E-state index is 13.8. The summed E-state index contributed by atoms with van der Waals surface area (Å²) in [6.45, 7) is 4.66. The molecule has 0 spiro atoms. The molecule has 1 N–H and O–H groups in total. The van der Waals surface area contributed by atoms with Crippen LogP contribution in [-0.2, 0) is 4.79 Å². The topological polar surface area (TPSA) is 52.7 Å². The number of nitrogens with one attached hydrogen (secondary N) is 1. The summed E-state index contributed by atoms with van der Waals surface area (Å²) in [5.74, 6) is -0.923. The zero-order valence-electron chi connectivity index (χ0n) is 13.4. The van der Waals surface area contributed by atoms with Crippen molar-refractivity contribution in [2.75, 3.05) is 26.0 Å². The molecule has 5 nitrogen and oxygen atoms in total. The van der Waals surface area contributed by atoms with E-state index in [0.717, 1.165) is 0 Å². The lowest BCUT2D eigenvalue weighted by atomic mass is 10.1. The molecule has 1 unspecified atom stereocenters. The van der Waals surface area contributed by atoms with E-state index in [0.29, 0.717) is 18.7 Å². The highest BCUT2D eigenvalue weighted by Gasteiger charge is 2.33. The number of carbonyl (C=O) groups is 2. The van der Waals surface area contributed by atoms with E-state index in [2.05, 4.69) is 5.32 Å². The third-order valence-electron chi connectivity index (χ3n) is 3.81. The molecule has 0 bridgehead atoms. The number of amides is 2. The van der Waals surface area contributed by atoms with E-state index in [1.807, 2.05) is 18.7 Å². The fourth-order valence-electron chi connectivity index (χ4n) is 2.57. The van der Waals surface area contributed by atoms with E-state index in [4.69, 9.17) is 0 Å². The zero-order chi connectivity index (χ0) is 16.4. The van der Waals surface area contributed by atoms with Gasteiger partial charge in [-0.2, -0.15) is 0 Å². The first-order valence-electron chi connectivity index (χ1n) is 7.39. The lowest BCUT2D eigenvalue weighted by Crippen LogP contribution is -2.37. The Hall–Kier alpha value is -2.11. The molecule has 0 aromatic heterocycles. The summed E-state index contributed by atoms with van der Waals surface area (Å²) in [5, 5.41) is 3.11. The van der Waals surface area contributed by atoms with E-state index in [-0.39, 0.29) is 23.6 Å². The summed E-state index contributed by atoms with van der Waals surface area (Å²) in [7, 11) is 3.14. The average molecular weight is 307 g/mol. The van der Waals surface area contributed by atoms with Gasteiger partial charge in [0.05, 0.1) is 5.56 Å². The smallest absolute Gasteiger partial charge is 0.256 e. The number of nitrogens with zero attached hydrogens (tertiary/aromatic N) is 2. The van der Waals surface area contributed by atoms with Crippen LogP contribution < -0.4 is 5.32 Å². The van der Waals surface area contributed by atoms with Crippen molar-refractivity contribution in [1.82, 2.24) is 9.80 Å². The Labute approximate surface area is 130 Å². The molecule has 1 saturated heterocycles. The zero-order valence-corrected chi connectivity index (χ0v) is 13.4. The van der Waals surface area contributed by atoms with Gasteiger partial charge in [-0.3, -0.25) is 9.59 Å². The van der Waals surface area contributed by atoms with E-state index in [1.54, 1.807) is 20.2 Å². The van der Waals surface area contributed by atoms with Gasteiger partial charge in [-0.15, -0.1) is 0 Å². The van der Waals surface area contributed by atoms with Crippen molar-refractivity contribution in [1.29, 1.82) is 0 Å². The maximum Gasteiger partial charge on any atom is 0.256 e. The molecule has 2 rings (SSSR count). The molecule has 2 amide bonds. The van der Waals surface area contributed by atoms with Crippen molar-refractivity contribution < 1.29 is 14.0 Å². The molecular weight excluding hydrogens is 285 g/mol. The highest BCUT2D eigenvalue weighted by Crippen LogP contribution is 2.21. The molecule has 1 aliphatic heterocycles. The van der Waals surface area contributed by atoms with E-state index in [1.165, 1.54) is 17.0 Å². The Morgan fingerprint density at radius 2 is 2.09 bits per heavy atom. The molecule has 120 valence electrons. The normalized spacial score (nSPS) is 18.0. The highest BCUT2D eigenvalue weighted by atomic mass is 19.1. The van der Waals surface area contributed by atoms with Crippen molar-refractivity contribution in [2.45, 2.75) is 32.4 Å². The van der Waals surface area contributed by atoms with Crippen LogP contribution in [0.3, 0.4) is 0 Å². The molecular formula is C16H22FN3O2. The second kappa shape index (κ2) is 6.34. The van der Waals surface area contributed by atoms with Gasteiger partial charge in [-0.05, 0) is 38.5 Å². The highest BCUT2D eigenvalue weighted by molar-refractivity contribution is 5.95. The first kappa shape index (κ1) is 16.3. The fraction of sp³-hybridized carbons (Fsp3) is 0.500. The van der Waals surface area contributed by atoms with Crippen LogP contribution in [-0.4, -0.2) is 54.3 Å². The minimum absolute atomic E-state index is 0.00108. The van der Waals surface area contributed by atoms with Gasteiger partial charge in [0.25, 0.3) is 5.91 Å². The van der Waals surface area contributed by atoms with Gasteiger partial charge >= 0.3 is 0 Å². The third kappa shape index (κ3) is 3.21. The van der Waals surface area contributed by atoms with Crippen molar-refractivity contribution >= 4 is 17.5 Å². The molecule has 1 aliphatic rings. The minimum atomic E-state index is -0.564. The molecule has 1 atom stereocenters. The second-order valence-electron chi connectivity index (χ2n) is 6.01. The van der Waals surface area contributed by atoms with Gasteiger partial charge in [0, 0.05) is 32.4 Å². The largest absolute Gasteiger partial charge is 0.374 e. The van der Waals surface area contributed by atoms with E-state index in [9.17, 15) is 14.0 Å². The van der Waals surface area contributed by atoms with Crippen LogP contribution in [0.4, 0.5) is 10.1 Å². The SMILES string of the molecule is CC(C)N1CCC(Nc2ccc(F)c(C(=O)N(C)C)c2)C1=O. The number of hydrogen-bond donors (Lipinski definition) is 1. The molecule has 0 saturated carbocycles. The van der Waals surface area contributed by atoms with Gasteiger partial charge < -0.3 is 15.1 Å². The summed E-state index contributed by atoms with van der Waals surface area (Å²) in [4.78, 5) is 27.3. The van der Waals surface area contributed by atoms with Crippen LogP contribution in [0.1, 0.15) is 30.6 Å². The minimum Gasteiger partial charge on any atom is -0.374 e. The first-order chi connectivity index (χ1) is 10.3. The number of rotatable bonds is 4. The molecule has 0 aliphatic carbocycles. The predicted molar refractivity (Wildman–Crippen MR) is 83.3 cm³/mol. The van der Waals surface area contributed by atoms with Crippen molar-refractivity contribution in [3.05, 3.63) is 29.6 Å². The monoisotopic (exact) mass is 307 g/mol. The first-order valence-corrected chi connectivity index (χ1v) is 7.39. The number of hydrogen-bond acceptors (Lipinski definition) is 3. The van der Waals surface area contributed by atoms with Crippen LogP contribution in [0, 0.1) is 5.82 Å². The van der Waals surface area contributed by atoms with Crippen LogP contribution in [0.25, 0.3) is 0 Å². The van der Waals surface area contributed by atoms with Crippen LogP contribution >= 0.6 is 0 Å². The molecule has 1 aromatic rings. The Bertz CT molecular complexity index is 587. The number of carbonyl (C=O) groups excluding carboxylic acids is 2. The number of anilines is 1. The fourth-order valence-corrected chi connectivity index (χ4v) is 2.57. The summed E-state index contributed by atoms with van der Waals surface area (Å²) in [6, 6.07) is 4.10. The lowest BCUT2D eigenvalue weighted by molar-refractivity contribution is -0.129. The Balaban J connectivity index is 2.16. The molecule has 1 fully saturated rings. The predicted octanol–water partition coefficient (Wildman–Crippen LogP) is 1.95. The lowest BCUT2D eigenvalue weighted by Gasteiger charge is -2.21. The van der Waals surface area contributed by atoms with Crippen LogP contribution in [0.15, 0.2) is 18.2 Å². The van der Waals surface area contributed by atoms with Crippen molar-refractivity contribution in [3.63, 3.8) is 0 Å². The summed E-state index contributed by atoms with van der Waals surface area (Å²) in [6.07, 6.45) is 0.700. The maximum absolute atomic E-state index is 13.8. The van der Waals surface area contributed by atoms with Gasteiger partial charge in [0.1, 0.15) is 11.9 Å². The van der Waals surface area contributed by atoms with Crippen LogP contribution in [0.2, 0.25) is 0 Å². The Morgan fingerprint density at radius 3 is 2.64 bits per heavy atom. The Kier molecular flexibility index (Phi) is 4.68. The molecule has 1 heterocycles. The van der Waals surface area contributed by atoms with Gasteiger partial charge in [-0.1, -0.05) is 0 Å². The van der Waals surface area contributed by atoms with Gasteiger partial charge in [0.15, 0.2) is 0 Å². The molecule has 0 radical (unpaired) electrons. The van der Waals surface area contributed by atoms with Gasteiger partial charge in [-0.25, -0.2) is 4.39 Å². The van der Waals surface area contributed by atoms with Crippen molar-refractivity contribution in [3.8, 4) is 0 Å². The summed E-state index contributed by atoms with van der Waals surface area (Å²) in [5.41, 5.74) is 0.580. The quantitative estimate of drug-likeness (QED) is 0.925. The van der Waals surface area contributed by atoms with E-state index >= 15 is 0 Å².